The monoisotopic (exact) mass is 283 g/mol. The average Bonchev–Trinajstić information content (AvgIpc) is 2.58. The van der Waals surface area contributed by atoms with Gasteiger partial charge in [0.1, 0.15) is 17.3 Å². The fourth-order valence-corrected chi connectivity index (χ4v) is 2.93. The van der Waals surface area contributed by atoms with Crippen LogP contribution in [-0.2, 0) is 0 Å². The number of halogens is 1. The van der Waals surface area contributed by atoms with Gasteiger partial charge in [-0.1, -0.05) is 24.4 Å². The van der Waals surface area contributed by atoms with Crippen molar-refractivity contribution in [3.63, 3.8) is 0 Å². The van der Waals surface area contributed by atoms with E-state index in [9.17, 15) is 5.11 Å². The van der Waals surface area contributed by atoms with Crippen LogP contribution in [0.5, 0.6) is 0 Å². The summed E-state index contributed by atoms with van der Waals surface area (Å²) in [6.45, 7) is 4.79. The lowest BCUT2D eigenvalue weighted by molar-refractivity contribution is 0.171. The van der Waals surface area contributed by atoms with Crippen LogP contribution in [0.3, 0.4) is 0 Å². The van der Waals surface area contributed by atoms with E-state index in [1.54, 1.807) is 0 Å². The smallest absolute Gasteiger partial charge is 0.137 e. The van der Waals surface area contributed by atoms with Gasteiger partial charge in [0, 0.05) is 18.2 Å². The summed E-state index contributed by atoms with van der Waals surface area (Å²) in [4.78, 5) is 10.7. The lowest BCUT2D eigenvalue weighted by Crippen LogP contribution is -2.38. The predicted molar refractivity (Wildman–Crippen MR) is 77.7 cm³/mol. The third-order valence-corrected chi connectivity index (χ3v) is 4.14. The first-order valence-corrected chi connectivity index (χ1v) is 7.39. The van der Waals surface area contributed by atoms with E-state index < -0.39 is 0 Å². The van der Waals surface area contributed by atoms with E-state index in [-0.39, 0.29) is 6.10 Å². The molecular formula is C14H22ClN3O. The molecule has 106 valence electrons. The molecular weight excluding hydrogens is 262 g/mol. The lowest BCUT2D eigenvalue weighted by atomic mass is 10.0. The van der Waals surface area contributed by atoms with Crippen molar-refractivity contribution in [3.05, 3.63) is 17.0 Å². The Kier molecular flexibility index (Phi) is 4.99. The molecule has 2 atom stereocenters. The number of hydrogen-bond donors (Lipinski definition) is 1. The average molecular weight is 284 g/mol. The summed E-state index contributed by atoms with van der Waals surface area (Å²) in [5.74, 6) is 0.924. The highest BCUT2D eigenvalue weighted by Crippen LogP contribution is 2.29. The molecule has 1 aliphatic rings. The Bertz CT molecular complexity index is 425. The summed E-state index contributed by atoms with van der Waals surface area (Å²) < 4.78 is 0. The van der Waals surface area contributed by atoms with Crippen molar-refractivity contribution >= 4 is 17.4 Å². The van der Waals surface area contributed by atoms with Crippen LogP contribution in [0.25, 0.3) is 0 Å². The molecule has 0 aromatic carbocycles. The third-order valence-electron chi connectivity index (χ3n) is 3.76. The Balaban J connectivity index is 2.28. The molecule has 1 saturated heterocycles. The Morgan fingerprint density at radius 2 is 2.21 bits per heavy atom. The summed E-state index contributed by atoms with van der Waals surface area (Å²) in [6, 6.07) is 0.340. The van der Waals surface area contributed by atoms with Gasteiger partial charge >= 0.3 is 0 Å². The van der Waals surface area contributed by atoms with Crippen LogP contribution < -0.4 is 4.90 Å². The van der Waals surface area contributed by atoms with Crippen molar-refractivity contribution in [3.8, 4) is 0 Å². The number of rotatable bonds is 3. The standard InChI is InChI=1S/C14H22ClN3O/c1-10(19)8-12-6-4-3-5-7-18(12)14-11(2)13(15)16-9-17-14/h9-10,12,19H,3-8H2,1-2H3. The Labute approximate surface area is 119 Å². The fourth-order valence-electron chi connectivity index (χ4n) is 2.80. The second-order valence-corrected chi connectivity index (χ2v) is 5.75. The van der Waals surface area contributed by atoms with E-state index in [4.69, 9.17) is 11.6 Å². The number of nitrogens with zero attached hydrogens (tertiary/aromatic N) is 3. The van der Waals surface area contributed by atoms with Crippen LogP contribution in [0.1, 0.15) is 44.6 Å². The second-order valence-electron chi connectivity index (χ2n) is 5.39. The molecule has 0 radical (unpaired) electrons. The molecule has 2 unspecified atom stereocenters. The molecule has 1 aliphatic heterocycles. The van der Waals surface area contributed by atoms with E-state index in [0.717, 1.165) is 37.2 Å². The molecule has 2 rings (SSSR count). The van der Waals surface area contributed by atoms with Crippen molar-refractivity contribution in [2.45, 2.75) is 58.1 Å². The Morgan fingerprint density at radius 3 is 2.95 bits per heavy atom. The van der Waals surface area contributed by atoms with E-state index >= 15 is 0 Å². The summed E-state index contributed by atoms with van der Waals surface area (Å²) in [5, 5.41) is 10.2. The summed E-state index contributed by atoms with van der Waals surface area (Å²) >= 11 is 6.10. The van der Waals surface area contributed by atoms with Gasteiger partial charge in [-0.25, -0.2) is 9.97 Å². The molecule has 1 N–H and O–H groups in total. The van der Waals surface area contributed by atoms with Gasteiger partial charge < -0.3 is 10.0 Å². The Morgan fingerprint density at radius 1 is 1.42 bits per heavy atom. The van der Waals surface area contributed by atoms with E-state index in [0.29, 0.717) is 11.2 Å². The fraction of sp³-hybridized carbons (Fsp3) is 0.714. The molecule has 0 spiro atoms. The molecule has 0 amide bonds. The zero-order valence-electron chi connectivity index (χ0n) is 11.6. The predicted octanol–water partition coefficient (Wildman–Crippen LogP) is 2.96. The third kappa shape index (κ3) is 3.57. The number of hydrogen-bond acceptors (Lipinski definition) is 4. The van der Waals surface area contributed by atoms with Crippen LogP contribution >= 0.6 is 11.6 Å². The van der Waals surface area contributed by atoms with Gasteiger partial charge in [-0.3, -0.25) is 0 Å². The maximum Gasteiger partial charge on any atom is 0.137 e. The zero-order valence-corrected chi connectivity index (χ0v) is 12.4. The van der Waals surface area contributed by atoms with E-state index in [1.807, 2.05) is 13.8 Å². The van der Waals surface area contributed by atoms with Gasteiger partial charge in [0.05, 0.1) is 6.10 Å². The summed E-state index contributed by atoms with van der Waals surface area (Å²) in [7, 11) is 0. The van der Waals surface area contributed by atoms with Crippen LogP contribution in [-0.4, -0.2) is 33.8 Å². The second kappa shape index (κ2) is 6.53. The maximum atomic E-state index is 9.70. The van der Waals surface area contributed by atoms with Gasteiger partial charge in [-0.15, -0.1) is 0 Å². The minimum atomic E-state index is -0.289. The normalized spacial score (nSPS) is 22.1. The van der Waals surface area contributed by atoms with Gasteiger partial charge in [-0.05, 0) is 33.1 Å². The number of aromatic nitrogens is 2. The van der Waals surface area contributed by atoms with Gasteiger partial charge in [0.15, 0.2) is 0 Å². The maximum absolute atomic E-state index is 9.70. The molecule has 4 nitrogen and oxygen atoms in total. The molecule has 1 fully saturated rings. The number of aliphatic hydroxyl groups excluding tert-OH is 1. The molecule has 0 aliphatic carbocycles. The van der Waals surface area contributed by atoms with Crippen LogP contribution in [0.4, 0.5) is 5.82 Å². The highest BCUT2D eigenvalue weighted by Gasteiger charge is 2.25. The largest absolute Gasteiger partial charge is 0.393 e. The first kappa shape index (κ1) is 14.5. The first-order valence-electron chi connectivity index (χ1n) is 7.01. The highest BCUT2D eigenvalue weighted by atomic mass is 35.5. The molecule has 0 bridgehead atoms. The molecule has 19 heavy (non-hydrogen) atoms. The summed E-state index contributed by atoms with van der Waals surface area (Å²) in [5.41, 5.74) is 0.932. The number of anilines is 1. The van der Waals surface area contributed by atoms with E-state index in [1.165, 1.54) is 19.2 Å². The lowest BCUT2D eigenvalue weighted by Gasteiger charge is -2.33. The zero-order chi connectivity index (χ0) is 13.8. The first-order chi connectivity index (χ1) is 9.09. The minimum absolute atomic E-state index is 0.289. The SMILES string of the molecule is Cc1c(Cl)ncnc1N1CCCCCC1CC(C)O. The topological polar surface area (TPSA) is 49.2 Å². The van der Waals surface area contributed by atoms with Crippen molar-refractivity contribution in [1.82, 2.24) is 9.97 Å². The Hall–Kier alpha value is -0.870. The molecule has 2 heterocycles. The van der Waals surface area contributed by atoms with Gasteiger partial charge in [0.25, 0.3) is 0 Å². The van der Waals surface area contributed by atoms with Crippen molar-refractivity contribution in [2.24, 2.45) is 0 Å². The highest BCUT2D eigenvalue weighted by molar-refractivity contribution is 6.30. The van der Waals surface area contributed by atoms with Crippen LogP contribution in [0.2, 0.25) is 5.15 Å². The quantitative estimate of drug-likeness (QED) is 0.867. The molecule has 5 heteroatoms. The molecule has 1 aromatic rings. The molecule has 1 aromatic heterocycles. The van der Waals surface area contributed by atoms with Crippen molar-refractivity contribution in [2.75, 3.05) is 11.4 Å². The summed E-state index contributed by atoms with van der Waals surface area (Å²) in [6.07, 6.45) is 6.73. The number of aliphatic hydroxyl groups is 1. The van der Waals surface area contributed by atoms with E-state index in [2.05, 4.69) is 14.9 Å². The van der Waals surface area contributed by atoms with Crippen molar-refractivity contribution < 1.29 is 5.11 Å². The minimum Gasteiger partial charge on any atom is -0.393 e. The molecule has 0 saturated carbocycles. The van der Waals surface area contributed by atoms with Gasteiger partial charge in [-0.2, -0.15) is 0 Å². The van der Waals surface area contributed by atoms with Gasteiger partial charge in [0.2, 0.25) is 0 Å². The van der Waals surface area contributed by atoms with Crippen molar-refractivity contribution in [1.29, 1.82) is 0 Å². The van der Waals surface area contributed by atoms with Crippen LogP contribution in [0.15, 0.2) is 6.33 Å². The van der Waals surface area contributed by atoms with Crippen LogP contribution in [0, 0.1) is 6.92 Å².